The molecule has 2 amide bonds. The molecule has 6 nitrogen and oxygen atoms in total. The van der Waals surface area contributed by atoms with Gasteiger partial charge in [-0.15, -0.1) is 0 Å². The zero-order valence-electron chi connectivity index (χ0n) is 15.4. The number of ether oxygens (including phenoxy) is 2. The van der Waals surface area contributed by atoms with E-state index in [-0.39, 0.29) is 30.4 Å². The maximum atomic E-state index is 12.8. The number of para-hydroxylation sites is 1. The Kier molecular flexibility index (Phi) is 4.26. The first-order valence-electron chi connectivity index (χ1n) is 9.01. The summed E-state index contributed by atoms with van der Waals surface area (Å²) in [6.07, 6.45) is 0.160. The summed E-state index contributed by atoms with van der Waals surface area (Å²) in [6, 6.07) is 13.3. The van der Waals surface area contributed by atoms with Crippen molar-refractivity contribution in [2.45, 2.75) is 31.6 Å². The van der Waals surface area contributed by atoms with Crippen molar-refractivity contribution in [3.05, 3.63) is 53.6 Å². The highest BCUT2D eigenvalue weighted by Gasteiger charge is 2.32. The molecule has 4 rings (SSSR count). The maximum Gasteiger partial charge on any atom is 0.231 e. The fourth-order valence-corrected chi connectivity index (χ4v) is 3.50. The molecule has 0 aliphatic carbocycles. The molecular weight excluding hydrogens is 344 g/mol. The van der Waals surface area contributed by atoms with Gasteiger partial charge in [-0.25, -0.2) is 0 Å². The van der Waals surface area contributed by atoms with Crippen molar-refractivity contribution >= 4 is 17.5 Å². The molecule has 1 atom stereocenters. The summed E-state index contributed by atoms with van der Waals surface area (Å²) in [5.41, 5.74) is 2.32. The molecule has 0 saturated carbocycles. The van der Waals surface area contributed by atoms with Gasteiger partial charge < -0.3 is 20.1 Å². The van der Waals surface area contributed by atoms with Crippen LogP contribution in [0.5, 0.6) is 11.5 Å². The molecule has 2 aliphatic heterocycles. The number of hydrogen-bond donors (Lipinski definition) is 2. The Morgan fingerprint density at radius 2 is 1.96 bits per heavy atom. The van der Waals surface area contributed by atoms with Gasteiger partial charge in [0, 0.05) is 24.1 Å². The van der Waals surface area contributed by atoms with E-state index in [2.05, 4.69) is 24.5 Å². The first-order chi connectivity index (χ1) is 12.9. The first-order valence-corrected chi connectivity index (χ1v) is 9.01. The van der Waals surface area contributed by atoms with Crippen LogP contribution in [0.3, 0.4) is 0 Å². The number of hydrogen-bond acceptors (Lipinski definition) is 4. The van der Waals surface area contributed by atoms with E-state index in [4.69, 9.17) is 9.47 Å². The van der Waals surface area contributed by atoms with Gasteiger partial charge in [0.05, 0.1) is 5.92 Å². The van der Waals surface area contributed by atoms with E-state index in [9.17, 15) is 9.59 Å². The minimum atomic E-state index is -0.470. The summed E-state index contributed by atoms with van der Waals surface area (Å²) in [6.45, 7) is 4.81. The van der Waals surface area contributed by atoms with Crippen molar-refractivity contribution < 1.29 is 19.1 Å². The van der Waals surface area contributed by atoms with E-state index >= 15 is 0 Å². The summed E-state index contributed by atoms with van der Waals surface area (Å²) in [5.74, 6) is 0.727. The number of amides is 2. The largest absolute Gasteiger partial charge is 0.454 e. The number of anilines is 1. The van der Waals surface area contributed by atoms with Gasteiger partial charge in [-0.1, -0.05) is 38.1 Å². The molecule has 0 saturated heterocycles. The zero-order chi connectivity index (χ0) is 19.0. The molecule has 0 unspecified atom stereocenters. The van der Waals surface area contributed by atoms with Gasteiger partial charge in [0.15, 0.2) is 11.5 Å². The molecule has 0 fully saturated rings. The molecule has 0 spiro atoms. The number of carbonyl (C=O) groups is 2. The van der Waals surface area contributed by atoms with E-state index in [1.54, 1.807) is 0 Å². The Hall–Kier alpha value is -3.02. The number of nitrogens with one attached hydrogen (secondary N) is 2. The van der Waals surface area contributed by atoms with Crippen LogP contribution in [-0.2, 0) is 15.0 Å². The van der Waals surface area contributed by atoms with Crippen LogP contribution in [0, 0.1) is 0 Å². The van der Waals surface area contributed by atoms with Gasteiger partial charge in [-0.05, 0) is 29.3 Å². The molecule has 2 aromatic carbocycles. The summed E-state index contributed by atoms with van der Waals surface area (Å²) in [5, 5.41) is 5.85. The molecule has 0 radical (unpaired) electrons. The highest BCUT2D eigenvalue weighted by molar-refractivity contribution is 6.01. The summed E-state index contributed by atoms with van der Waals surface area (Å²) in [4.78, 5) is 24.8. The van der Waals surface area contributed by atoms with Gasteiger partial charge in [0.25, 0.3) is 0 Å². The molecule has 2 aliphatic rings. The number of fused-ring (bicyclic) bond motifs is 2. The molecule has 2 N–H and O–H groups in total. The second-order valence-corrected chi connectivity index (χ2v) is 7.56. The van der Waals surface area contributed by atoms with Crippen molar-refractivity contribution in [2.24, 2.45) is 0 Å². The lowest BCUT2D eigenvalue weighted by Crippen LogP contribution is -2.41. The topological polar surface area (TPSA) is 76.7 Å². The lowest BCUT2D eigenvalue weighted by atomic mass is 9.83. The highest BCUT2D eigenvalue weighted by Crippen LogP contribution is 2.36. The minimum Gasteiger partial charge on any atom is -0.454 e. The number of rotatable bonds is 4. The SMILES string of the molecule is CC(C)(CNC(=O)[C@H]1CC(=O)Nc2ccccc21)c1ccc2c(c1)OCO2. The van der Waals surface area contributed by atoms with Crippen LogP contribution in [0.4, 0.5) is 5.69 Å². The van der Waals surface area contributed by atoms with Crippen LogP contribution in [-0.4, -0.2) is 25.2 Å². The van der Waals surface area contributed by atoms with Crippen molar-refractivity contribution in [2.75, 3.05) is 18.7 Å². The van der Waals surface area contributed by atoms with Crippen LogP contribution in [0.15, 0.2) is 42.5 Å². The fraction of sp³-hybridized carbons (Fsp3) is 0.333. The molecule has 0 aromatic heterocycles. The van der Waals surface area contributed by atoms with E-state index < -0.39 is 5.92 Å². The van der Waals surface area contributed by atoms with Crippen LogP contribution >= 0.6 is 0 Å². The van der Waals surface area contributed by atoms with Crippen LogP contribution < -0.4 is 20.1 Å². The van der Waals surface area contributed by atoms with Crippen LogP contribution in [0.2, 0.25) is 0 Å². The van der Waals surface area contributed by atoms with E-state index in [1.807, 2.05) is 42.5 Å². The van der Waals surface area contributed by atoms with E-state index in [0.717, 1.165) is 22.6 Å². The van der Waals surface area contributed by atoms with E-state index in [1.165, 1.54) is 0 Å². The predicted octanol–water partition coefficient (Wildman–Crippen LogP) is 2.94. The molecule has 6 heteroatoms. The third-order valence-corrected chi connectivity index (χ3v) is 5.17. The van der Waals surface area contributed by atoms with Crippen molar-refractivity contribution in [1.29, 1.82) is 0 Å². The first kappa shape index (κ1) is 17.4. The van der Waals surface area contributed by atoms with Crippen molar-refractivity contribution in [1.82, 2.24) is 5.32 Å². The maximum absolute atomic E-state index is 12.8. The van der Waals surface area contributed by atoms with Gasteiger partial charge in [0.2, 0.25) is 18.6 Å². The minimum absolute atomic E-state index is 0.133. The Morgan fingerprint density at radius 3 is 2.81 bits per heavy atom. The monoisotopic (exact) mass is 366 g/mol. The van der Waals surface area contributed by atoms with Gasteiger partial charge in [0.1, 0.15) is 0 Å². The quantitative estimate of drug-likeness (QED) is 0.872. The predicted molar refractivity (Wildman–Crippen MR) is 101 cm³/mol. The molecule has 0 bridgehead atoms. The summed E-state index contributed by atoms with van der Waals surface area (Å²) in [7, 11) is 0. The summed E-state index contributed by atoms with van der Waals surface area (Å²) < 4.78 is 10.8. The lowest BCUT2D eigenvalue weighted by molar-refractivity contribution is -0.126. The Bertz CT molecular complexity index is 907. The molecule has 140 valence electrons. The number of benzene rings is 2. The van der Waals surface area contributed by atoms with Gasteiger partial charge >= 0.3 is 0 Å². The Balaban J connectivity index is 1.48. The third-order valence-electron chi connectivity index (χ3n) is 5.17. The molecule has 27 heavy (non-hydrogen) atoms. The second-order valence-electron chi connectivity index (χ2n) is 7.56. The normalized spacial score (nSPS) is 17.9. The molecular formula is C21H22N2O4. The smallest absolute Gasteiger partial charge is 0.231 e. The average Bonchev–Trinajstić information content (AvgIpc) is 3.13. The highest BCUT2D eigenvalue weighted by atomic mass is 16.7. The van der Waals surface area contributed by atoms with Crippen LogP contribution in [0.25, 0.3) is 0 Å². The van der Waals surface area contributed by atoms with E-state index in [0.29, 0.717) is 12.2 Å². The van der Waals surface area contributed by atoms with Crippen molar-refractivity contribution in [3.8, 4) is 11.5 Å². The molecule has 2 heterocycles. The molecule has 2 aromatic rings. The number of carbonyl (C=O) groups excluding carboxylic acids is 2. The Labute approximate surface area is 157 Å². The second kappa shape index (κ2) is 6.61. The zero-order valence-corrected chi connectivity index (χ0v) is 15.4. The van der Waals surface area contributed by atoms with Gasteiger partial charge in [-0.3, -0.25) is 9.59 Å². The third kappa shape index (κ3) is 3.35. The standard InChI is InChI=1S/C21H22N2O4/c1-21(2,13-7-8-17-18(9-13)27-12-26-17)11-22-20(25)15-10-19(24)23-16-6-4-3-5-14(15)16/h3-9,15H,10-12H2,1-2H3,(H,22,25)(H,23,24)/t15-/m0/s1. The lowest BCUT2D eigenvalue weighted by Gasteiger charge is -2.29. The van der Waals surface area contributed by atoms with Crippen LogP contribution in [0.1, 0.15) is 37.3 Å². The van der Waals surface area contributed by atoms with Crippen molar-refractivity contribution in [3.63, 3.8) is 0 Å². The van der Waals surface area contributed by atoms with Gasteiger partial charge in [-0.2, -0.15) is 0 Å². The average molecular weight is 366 g/mol. The fourth-order valence-electron chi connectivity index (χ4n) is 3.50. The Morgan fingerprint density at radius 1 is 1.19 bits per heavy atom. The summed E-state index contributed by atoms with van der Waals surface area (Å²) >= 11 is 0.